The quantitative estimate of drug-likeness (QED) is 0.881. The van der Waals surface area contributed by atoms with E-state index in [1.165, 1.54) is 6.92 Å². The average molecular weight is 325 g/mol. The number of amides is 2. The van der Waals surface area contributed by atoms with Crippen molar-refractivity contribution in [2.24, 2.45) is 0 Å². The van der Waals surface area contributed by atoms with Gasteiger partial charge in [0.25, 0.3) is 0 Å². The lowest BCUT2D eigenvalue weighted by atomic mass is 10.1. The number of anilines is 2. The highest BCUT2D eigenvalue weighted by atomic mass is 16.2. The maximum Gasteiger partial charge on any atom is 0.227 e. The van der Waals surface area contributed by atoms with Crippen LogP contribution < -0.4 is 11.1 Å². The molecule has 0 fully saturated rings. The second-order valence-corrected chi connectivity index (χ2v) is 5.82. The lowest BCUT2D eigenvalue weighted by Crippen LogP contribution is -2.37. The van der Waals surface area contributed by atoms with Crippen LogP contribution in [0.2, 0.25) is 0 Å². The van der Waals surface area contributed by atoms with Crippen LogP contribution in [0.4, 0.5) is 11.6 Å². The fourth-order valence-corrected chi connectivity index (χ4v) is 2.73. The number of benzene rings is 1. The van der Waals surface area contributed by atoms with E-state index in [-0.39, 0.29) is 17.8 Å². The lowest BCUT2D eigenvalue weighted by Gasteiger charge is -2.28. The van der Waals surface area contributed by atoms with E-state index in [9.17, 15) is 9.59 Å². The topological polar surface area (TPSA) is 101 Å². The lowest BCUT2D eigenvalue weighted by molar-refractivity contribution is -0.131. The molecule has 1 aliphatic heterocycles. The Bertz CT molecular complexity index is 773. The predicted molar refractivity (Wildman–Crippen MR) is 90.0 cm³/mol. The average Bonchev–Trinajstić information content (AvgIpc) is 2.55. The molecule has 24 heavy (non-hydrogen) atoms. The van der Waals surface area contributed by atoms with Gasteiger partial charge in [-0.25, -0.2) is 9.97 Å². The van der Waals surface area contributed by atoms with E-state index in [4.69, 9.17) is 5.73 Å². The fourth-order valence-electron chi connectivity index (χ4n) is 2.73. The zero-order valence-corrected chi connectivity index (χ0v) is 13.5. The summed E-state index contributed by atoms with van der Waals surface area (Å²) in [5.41, 5.74) is 9.12. The summed E-state index contributed by atoms with van der Waals surface area (Å²) < 4.78 is 0. The number of hydrogen-bond acceptors (Lipinski definition) is 5. The van der Waals surface area contributed by atoms with Crippen molar-refractivity contribution in [2.75, 3.05) is 17.6 Å². The van der Waals surface area contributed by atoms with Crippen LogP contribution in [0.5, 0.6) is 0 Å². The second kappa shape index (κ2) is 6.66. The highest BCUT2D eigenvalue weighted by Crippen LogP contribution is 2.18. The summed E-state index contributed by atoms with van der Waals surface area (Å²) in [6.45, 7) is 2.58. The van der Waals surface area contributed by atoms with Crippen molar-refractivity contribution >= 4 is 23.5 Å². The first-order chi connectivity index (χ1) is 11.5. The Morgan fingerprint density at radius 3 is 2.75 bits per heavy atom. The second-order valence-electron chi connectivity index (χ2n) is 5.82. The molecular weight excluding hydrogens is 306 g/mol. The number of nitrogens with one attached hydrogen (secondary N) is 1. The zero-order chi connectivity index (χ0) is 17.1. The van der Waals surface area contributed by atoms with Crippen molar-refractivity contribution < 1.29 is 9.59 Å². The minimum Gasteiger partial charge on any atom is -0.368 e. The van der Waals surface area contributed by atoms with Gasteiger partial charge in [0.15, 0.2) is 0 Å². The van der Waals surface area contributed by atoms with Gasteiger partial charge in [-0.2, -0.15) is 0 Å². The number of fused-ring (bicyclic) bond motifs is 1. The molecule has 2 aromatic rings. The molecular formula is C17H19N5O2. The molecule has 0 atom stereocenters. The Hall–Kier alpha value is -2.96. The third-order valence-corrected chi connectivity index (χ3v) is 3.95. The first-order valence-electron chi connectivity index (χ1n) is 7.76. The monoisotopic (exact) mass is 325 g/mol. The maximum atomic E-state index is 12.5. The normalized spacial score (nSPS) is 13.3. The number of nitrogen functional groups attached to an aromatic ring is 1. The molecule has 2 heterocycles. The molecule has 1 aliphatic rings. The molecule has 0 unspecified atom stereocenters. The van der Waals surface area contributed by atoms with Gasteiger partial charge in [-0.3, -0.25) is 9.59 Å². The Morgan fingerprint density at radius 1 is 1.29 bits per heavy atom. The van der Waals surface area contributed by atoms with Crippen LogP contribution in [-0.4, -0.2) is 33.2 Å². The number of rotatable bonds is 3. The zero-order valence-electron chi connectivity index (χ0n) is 13.5. The van der Waals surface area contributed by atoms with Gasteiger partial charge >= 0.3 is 0 Å². The molecule has 0 spiro atoms. The van der Waals surface area contributed by atoms with Gasteiger partial charge in [-0.05, 0) is 29.7 Å². The predicted octanol–water partition coefficient (Wildman–Crippen LogP) is 1.14. The molecule has 0 bridgehead atoms. The smallest absolute Gasteiger partial charge is 0.227 e. The number of aromatic nitrogens is 2. The molecule has 0 aliphatic carbocycles. The number of hydrogen-bond donors (Lipinski definition) is 2. The molecule has 7 heteroatoms. The van der Waals surface area contributed by atoms with E-state index in [1.807, 2.05) is 12.1 Å². The molecule has 3 N–H and O–H groups in total. The summed E-state index contributed by atoms with van der Waals surface area (Å²) in [5.74, 6) is 0.161. The van der Waals surface area contributed by atoms with E-state index in [2.05, 4.69) is 15.3 Å². The first kappa shape index (κ1) is 15.9. The Morgan fingerprint density at radius 2 is 2.04 bits per heavy atom. The first-order valence-corrected chi connectivity index (χ1v) is 7.76. The van der Waals surface area contributed by atoms with Gasteiger partial charge in [0.05, 0.1) is 18.7 Å². The number of carbonyl (C=O) groups is 2. The van der Waals surface area contributed by atoms with Crippen LogP contribution in [0.25, 0.3) is 0 Å². The minimum atomic E-state index is -0.118. The largest absolute Gasteiger partial charge is 0.368 e. The fraction of sp³-hybridized carbons (Fsp3) is 0.294. The van der Waals surface area contributed by atoms with E-state index in [0.717, 1.165) is 28.9 Å². The van der Waals surface area contributed by atoms with Crippen molar-refractivity contribution in [1.82, 2.24) is 14.9 Å². The van der Waals surface area contributed by atoms with E-state index >= 15 is 0 Å². The van der Waals surface area contributed by atoms with Crippen LogP contribution in [0.1, 0.15) is 23.7 Å². The molecule has 1 aromatic heterocycles. The Labute approximate surface area is 139 Å². The van der Waals surface area contributed by atoms with Crippen molar-refractivity contribution in [1.29, 1.82) is 0 Å². The molecule has 0 radical (unpaired) electrons. The van der Waals surface area contributed by atoms with Crippen molar-refractivity contribution in [3.05, 3.63) is 47.3 Å². The van der Waals surface area contributed by atoms with Crippen molar-refractivity contribution in [3.8, 4) is 0 Å². The third-order valence-electron chi connectivity index (χ3n) is 3.95. The highest BCUT2D eigenvalue weighted by molar-refractivity contribution is 5.88. The van der Waals surface area contributed by atoms with Gasteiger partial charge in [0.1, 0.15) is 0 Å². The summed E-state index contributed by atoms with van der Waals surface area (Å²) >= 11 is 0. The van der Waals surface area contributed by atoms with Crippen molar-refractivity contribution in [2.45, 2.75) is 26.3 Å². The third kappa shape index (κ3) is 3.68. The van der Waals surface area contributed by atoms with Gasteiger partial charge in [-0.15, -0.1) is 0 Å². The number of carbonyl (C=O) groups excluding carboxylic acids is 2. The minimum absolute atomic E-state index is 0.0464. The van der Waals surface area contributed by atoms with E-state index < -0.39 is 0 Å². The van der Waals surface area contributed by atoms with E-state index in [0.29, 0.717) is 19.5 Å². The molecule has 0 saturated heterocycles. The van der Waals surface area contributed by atoms with Crippen LogP contribution >= 0.6 is 0 Å². The molecule has 0 saturated carbocycles. The molecule has 124 valence electrons. The van der Waals surface area contributed by atoms with Crippen LogP contribution in [0, 0.1) is 0 Å². The Kier molecular flexibility index (Phi) is 4.41. The molecule has 7 nitrogen and oxygen atoms in total. The van der Waals surface area contributed by atoms with Gasteiger partial charge in [-0.1, -0.05) is 12.1 Å². The summed E-state index contributed by atoms with van der Waals surface area (Å²) in [5, 5.41) is 2.70. The van der Waals surface area contributed by atoms with Gasteiger partial charge in [0, 0.05) is 25.4 Å². The summed E-state index contributed by atoms with van der Waals surface area (Å²) in [6, 6.07) is 7.29. The van der Waals surface area contributed by atoms with Crippen LogP contribution in [-0.2, 0) is 29.0 Å². The molecule has 2 amide bonds. The highest BCUT2D eigenvalue weighted by Gasteiger charge is 2.22. The maximum absolute atomic E-state index is 12.5. The van der Waals surface area contributed by atoms with Gasteiger partial charge < -0.3 is 16.0 Å². The standard InChI is InChI=1S/C17H19N5O2/c1-11(23)20-14-4-2-12(3-5-14)8-16(24)22-7-6-13-9-19-17(18)21-15(13)10-22/h2-5,9H,6-8,10H2,1H3,(H,20,23)(H2,18,19,21). The van der Waals surface area contributed by atoms with Gasteiger partial charge in [0.2, 0.25) is 17.8 Å². The van der Waals surface area contributed by atoms with Crippen molar-refractivity contribution in [3.63, 3.8) is 0 Å². The Balaban J connectivity index is 1.64. The number of nitrogens with zero attached hydrogens (tertiary/aromatic N) is 3. The molecule has 3 rings (SSSR count). The summed E-state index contributed by atoms with van der Waals surface area (Å²) in [6.07, 6.45) is 2.79. The van der Waals surface area contributed by atoms with Crippen LogP contribution in [0.3, 0.4) is 0 Å². The van der Waals surface area contributed by atoms with E-state index in [1.54, 1.807) is 23.2 Å². The summed E-state index contributed by atoms with van der Waals surface area (Å²) in [7, 11) is 0. The number of nitrogens with two attached hydrogens (primary N) is 1. The van der Waals surface area contributed by atoms with Crippen LogP contribution in [0.15, 0.2) is 30.5 Å². The molecule has 1 aromatic carbocycles. The summed E-state index contributed by atoms with van der Waals surface area (Å²) in [4.78, 5) is 33.5. The SMILES string of the molecule is CC(=O)Nc1ccc(CC(=O)N2CCc3cnc(N)nc3C2)cc1.